The van der Waals surface area contributed by atoms with Crippen LogP contribution in [0, 0.1) is 0 Å². The lowest BCUT2D eigenvalue weighted by Crippen LogP contribution is -2.40. The molecule has 1 fully saturated rings. The highest BCUT2D eigenvalue weighted by Gasteiger charge is 2.16. The number of nitrogens with one attached hydrogen (secondary N) is 2. The van der Waals surface area contributed by atoms with Gasteiger partial charge in [0, 0.05) is 18.3 Å². The maximum absolute atomic E-state index is 12.2. The molecule has 1 aliphatic rings. The zero-order valence-corrected chi connectivity index (χ0v) is 17.9. The minimum atomic E-state index is -3.25. The summed E-state index contributed by atoms with van der Waals surface area (Å²) >= 11 is 1.97. The summed E-state index contributed by atoms with van der Waals surface area (Å²) in [5, 5.41) is 6.88. The van der Waals surface area contributed by atoms with Gasteiger partial charge in [0.25, 0.3) is 0 Å². The van der Waals surface area contributed by atoms with Gasteiger partial charge in [0.1, 0.15) is 0 Å². The van der Waals surface area contributed by atoms with E-state index in [2.05, 4.69) is 15.6 Å². The molecular formula is C16H26IN3O2S2. The zero-order valence-electron chi connectivity index (χ0n) is 13.9. The first kappa shape index (κ1) is 21.6. The molecule has 1 atom stereocenters. The summed E-state index contributed by atoms with van der Waals surface area (Å²) in [5.41, 5.74) is 0. The van der Waals surface area contributed by atoms with Crippen molar-refractivity contribution in [3.63, 3.8) is 0 Å². The molecule has 1 aromatic rings. The Bertz CT molecular complexity index is 603. The first-order valence-corrected chi connectivity index (χ1v) is 10.7. The van der Waals surface area contributed by atoms with E-state index in [9.17, 15) is 8.42 Å². The van der Waals surface area contributed by atoms with Crippen LogP contribution in [0.4, 0.5) is 0 Å². The molecule has 0 bridgehead atoms. The van der Waals surface area contributed by atoms with E-state index < -0.39 is 9.84 Å². The van der Waals surface area contributed by atoms with Crippen LogP contribution < -0.4 is 10.6 Å². The Balaban J connectivity index is 0.00000288. The van der Waals surface area contributed by atoms with Crippen molar-refractivity contribution in [2.24, 2.45) is 4.99 Å². The molecular weight excluding hydrogens is 457 g/mol. The first-order chi connectivity index (χ1) is 11.1. The van der Waals surface area contributed by atoms with Crippen molar-refractivity contribution >= 4 is 51.5 Å². The van der Waals surface area contributed by atoms with Gasteiger partial charge in [0.2, 0.25) is 0 Å². The van der Waals surface area contributed by atoms with Crippen LogP contribution in [0.1, 0.15) is 19.8 Å². The third-order valence-electron chi connectivity index (χ3n) is 3.59. The number of rotatable bonds is 7. The molecule has 0 aliphatic carbocycles. The maximum Gasteiger partial charge on any atom is 0.191 e. The van der Waals surface area contributed by atoms with Gasteiger partial charge in [0.15, 0.2) is 15.8 Å². The van der Waals surface area contributed by atoms with Crippen molar-refractivity contribution in [2.45, 2.75) is 29.9 Å². The van der Waals surface area contributed by atoms with Gasteiger partial charge < -0.3 is 10.6 Å². The summed E-state index contributed by atoms with van der Waals surface area (Å²) in [6, 6.07) is 8.56. The Hall–Kier alpha value is -0.480. The van der Waals surface area contributed by atoms with Crippen molar-refractivity contribution in [3.05, 3.63) is 30.3 Å². The Morgan fingerprint density at radius 2 is 2.04 bits per heavy atom. The van der Waals surface area contributed by atoms with Crippen LogP contribution in [0.5, 0.6) is 0 Å². The van der Waals surface area contributed by atoms with Crippen molar-refractivity contribution in [1.29, 1.82) is 0 Å². The molecule has 0 saturated carbocycles. The third-order valence-corrected chi connectivity index (χ3v) is 6.70. The summed E-state index contributed by atoms with van der Waals surface area (Å²) in [6.07, 6.45) is 2.49. The molecule has 1 aliphatic heterocycles. The molecule has 0 aromatic heterocycles. The number of halogens is 1. The Morgan fingerprint density at radius 3 is 2.67 bits per heavy atom. The summed E-state index contributed by atoms with van der Waals surface area (Å²) < 4.78 is 24.5. The lowest BCUT2D eigenvalue weighted by molar-refractivity contribution is 0.594. The number of sulfone groups is 1. The molecule has 1 heterocycles. The predicted molar refractivity (Wildman–Crippen MR) is 113 cm³/mol. The molecule has 5 nitrogen and oxygen atoms in total. The molecule has 136 valence electrons. The fourth-order valence-electron chi connectivity index (χ4n) is 2.37. The molecule has 1 saturated heterocycles. The highest BCUT2D eigenvalue weighted by molar-refractivity contribution is 14.0. The second-order valence-electron chi connectivity index (χ2n) is 5.41. The van der Waals surface area contributed by atoms with E-state index in [0.29, 0.717) is 22.6 Å². The minimum absolute atomic E-state index is 0. The van der Waals surface area contributed by atoms with E-state index in [-0.39, 0.29) is 29.7 Å². The fourth-order valence-corrected chi connectivity index (χ4v) is 4.73. The third kappa shape index (κ3) is 7.18. The van der Waals surface area contributed by atoms with Crippen LogP contribution in [-0.2, 0) is 9.84 Å². The normalized spacial score (nSPS) is 18.0. The number of hydrogen-bond donors (Lipinski definition) is 2. The molecule has 2 N–H and O–H groups in total. The van der Waals surface area contributed by atoms with Gasteiger partial charge in [-0.05, 0) is 37.7 Å². The van der Waals surface area contributed by atoms with Crippen LogP contribution in [0.15, 0.2) is 40.2 Å². The standard InChI is InChI=1S/C16H25N3O2S2.HI/c1-2-17-16(19-13-14-7-6-11-22-14)18-10-12-23(20,21)15-8-4-3-5-9-15;/h3-5,8-9,14H,2,6-7,10-13H2,1H3,(H2,17,18,19);1H. The predicted octanol–water partition coefficient (Wildman–Crippen LogP) is 2.53. The Labute approximate surface area is 166 Å². The summed E-state index contributed by atoms with van der Waals surface area (Å²) in [6.45, 7) is 3.89. The first-order valence-electron chi connectivity index (χ1n) is 8.03. The number of aliphatic imine (C=N–C) groups is 1. The lowest BCUT2D eigenvalue weighted by Gasteiger charge is -2.13. The van der Waals surface area contributed by atoms with Crippen molar-refractivity contribution in [1.82, 2.24) is 10.6 Å². The van der Waals surface area contributed by atoms with Crippen LogP contribution in [-0.4, -0.2) is 50.8 Å². The molecule has 0 amide bonds. The van der Waals surface area contributed by atoms with Gasteiger partial charge >= 0.3 is 0 Å². The van der Waals surface area contributed by atoms with Gasteiger partial charge in [0.05, 0.1) is 17.2 Å². The Kier molecular flexibility index (Phi) is 10.1. The van der Waals surface area contributed by atoms with Crippen molar-refractivity contribution in [2.75, 3.05) is 31.1 Å². The van der Waals surface area contributed by atoms with Gasteiger partial charge in [-0.3, -0.25) is 4.99 Å². The summed E-state index contributed by atoms with van der Waals surface area (Å²) in [4.78, 5) is 4.93. The average Bonchev–Trinajstić information content (AvgIpc) is 3.07. The lowest BCUT2D eigenvalue weighted by atomic mass is 10.2. The van der Waals surface area contributed by atoms with Gasteiger partial charge in [-0.15, -0.1) is 24.0 Å². The molecule has 2 rings (SSSR count). The Morgan fingerprint density at radius 1 is 1.29 bits per heavy atom. The van der Waals surface area contributed by atoms with Crippen LogP contribution in [0.2, 0.25) is 0 Å². The summed E-state index contributed by atoms with van der Waals surface area (Å²) in [5.74, 6) is 1.97. The van der Waals surface area contributed by atoms with E-state index in [1.807, 2.05) is 24.8 Å². The monoisotopic (exact) mass is 483 g/mol. The van der Waals surface area contributed by atoms with E-state index in [0.717, 1.165) is 13.1 Å². The number of nitrogens with zero attached hydrogens (tertiary/aromatic N) is 1. The van der Waals surface area contributed by atoms with Crippen LogP contribution in [0.3, 0.4) is 0 Å². The number of hydrogen-bond acceptors (Lipinski definition) is 4. The molecule has 8 heteroatoms. The average molecular weight is 483 g/mol. The molecule has 1 unspecified atom stereocenters. The van der Waals surface area contributed by atoms with Gasteiger partial charge in [-0.2, -0.15) is 11.8 Å². The molecule has 24 heavy (non-hydrogen) atoms. The highest BCUT2D eigenvalue weighted by Crippen LogP contribution is 2.25. The van der Waals surface area contributed by atoms with E-state index in [1.165, 1.54) is 18.6 Å². The van der Waals surface area contributed by atoms with E-state index in [1.54, 1.807) is 24.3 Å². The quantitative estimate of drug-likeness (QED) is 0.355. The van der Waals surface area contributed by atoms with E-state index >= 15 is 0 Å². The van der Waals surface area contributed by atoms with Crippen LogP contribution in [0.25, 0.3) is 0 Å². The SMILES string of the molecule is CCNC(=NCC1CCCS1)NCCS(=O)(=O)c1ccccc1.I. The smallest absolute Gasteiger partial charge is 0.191 e. The number of thioether (sulfide) groups is 1. The second kappa shape index (κ2) is 11.2. The zero-order chi connectivity index (χ0) is 16.5. The topological polar surface area (TPSA) is 70.6 Å². The maximum atomic E-state index is 12.2. The van der Waals surface area contributed by atoms with E-state index in [4.69, 9.17) is 0 Å². The van der Waals surface area contributed by atoms with Crippen molar-refractivity contribution in [3.8, 4) is 0 Å². The number of guanidine groups is 1. The fraction of sp³-hybridized carbons (Fsp3) is 0.562. The highest BCUT2D eigenvalue weighted by atomic mass is 127. The molecule has 1 aromatic carbocycles. The van der Waals surface area contributed by atoms with Crippen LogP contribution >= 0.6 is 35.7 Å². The summed E-state index contributed by atoms with van der Waals surface area (Å²) in [7, 11) is -3.25. The van der Waals surface area contributed by atoms with Gasteiger partial charge in [-0.1, -0.05) is 18.2 Å². The second-order valence-corrected chi connectivity index (χ2v) is 8.93. The van der Waals surface area contributed by atoms with Gasteiger partial charge in [-0.25, -0.2) is 8.42 Å². The van der Waals surface area contributed by atoms with Crippen molar-refractivity contribution < 1.29 is 8.42 Å². The minimum Gasteiger partial charge on any atom is -0.357 e. The number of benzene rings is 1. The largest absolute Gasteiger partial charge is 0.357 e. The molecule has 0 radical (unpaired) electrons. The molecule has 0 spiro atoms.